The van der Waals surface area contributed by atoms with Gasteiger partial charge in [0, 0.05) is 31.4 Å². The lowest BCUT2D eigenvalue weighted by Gasteiger charge is -2.26. The van der Waals surface area contributed by atoms with Gasteiger partial charge in [-0.15, -0.1) is 0 Å². The number of nitrogens with zero attached hydrogens (tertiary/aromatic N) is 1. The summed E-state index contributed by atoms with van der Waals surface area (Å²) in [5, 5.41) is 7.24. The van der Waals surface area contributed by atoms with E-state index in [1.807, 2.05) is 20.8 Å². The Hall–Kier alpha value is -1.52. The summed E-state index contributed by atoms with van der Waals surface area (Å²) in [6, 6.07) is 0. The van der Waals surface area contributed by atoms with Gasteiger partial charge in [0.25, 0.3) is 0 Å². The van der Waals surface area contributed by atoms with Crippen LogP contribution in [0.1, 0.15) is 33.6 Å². The van der Waals surface area contributed by atoms with E-state index in [0.29, 0.717) is 31.6 Å². The van der Waals surface area contributed by atoms with Crippen LogP contribution in [0.4, 0.5) is 4.79 Å². The molecule has 0 spiro atoms. The van der Waals surface area contributed by atoms with Crippen molar-refractivity contribution in [3.63, 3.8) is 0 Å². The van der Waals surface area contributed by atoms with Crippen LogP contribution in [-0.2, 0) is 4.74 Å². The normalized spacial score (nSPS) is 17.7. The minimum absolute atomic E-state index is 0.309. The van der Waals surface area contributed by atoms with Gasteiger partial charge in [-0.2, -0.15) is 0 Å². The van der Waals surface area contributed by atoms with Gasteiger partial charge in [-0.25, -0.2) is 4.79 Å². The smallest absolute Gasteiger partial charge is 0.410 e. The maximum atomic E-state index is 11.9. The third-order valence-electron chi connectivity index (χ3n) is 2.54. The largest absolute Gasteiger partial charge is 0.444 e. The molecule has 0 bridgehead atoms. The summed E-state index contributed by atoms with van der Waals surface area (Å²) in [5.41, 5.74) is 6.87. The zero-order chi connectivity index (χ0) is 13.1. The van der Waals surface area contributed by atoms with Gasteiger partial charge >= 0.3 is 6.09 Å². The molecule has 0 aromatic rings. The molecule has 0 fully saturated rings. The highest BCUT2D eigenvalue weighted by molar-refractivity contribution is 5.77. The van der Waals surface area contributed by atoms with E-state index in [4.69, 9.17) is 15.9 Å². The van der Waals surface area contributed by atoms with Crippen molar-refractivity contribution in [2.24, 2.45) is 5.73 Å². The van der Waals surface area contributed by atoms with Crippen LogP contribution in [0.2, 0.25) is 0 Å². The Bertz CT molecular complexity index is 342. The molecule has 0 aliphatic carbocycles. The molecule has 0 radical (unpaired) electrons. The summed E-state index contributed by atoms with van der Waals surface area (Å²) < 4.78 is 5.31. The molecule has 17 heavy (non-hydrogen) atoms. The van der Waals surface area contributed by atoms with Crippen molar-refractivity contribution in [3.8, 4) is 0 Å². The summed E-state index contributed by atoms with van der Waals surface area (Å²) in [4.78, 5) is 13.5. The highest BCUT2D eigenvalue weighted by Gasteiger charge is 2.23. The number of nitrogens with one attached hydrogen (secondary N) is 1. The monoisotopic (exact) mass is 239 g/mol. The molecule has 0 unspecified atom stereocenters. The van der Waals surface area contributed by atoms with Crippen molar-refractivity contribution in [3.05, 3.63) is 11.3 Å². The lowest BCUT2D eigenvalue weighted by Crippen LogP contribution is -2.37. The van der Waals surface area contributed by atoms with Crippen molar-refractivity contribution in [2.75, 3.05) is 13.1 Å². The summed E-state index contributed by atoms with van der Waals surface area (Å²) in [7, 11) is 0. The van der Waals surface area contributed by atoms with Crippen molar-refractivity contribution in [1.29, 1.82) is 5.41 Å². The van der Waals surface area contributed by atoms with E-state index in [9.17, 15) is 4.79 Å². The first-order valence-corrected chi connectivity index (χ1v) is 5.79. The van der Waals surface area contributed by atoms with Gasteiger partial charge in [-0.3, -0.25) is 0 Å². The van der Waals surface area contributed by atoms with Gasteiger partial charge in [-0.1, -0.05) is 0 Å². The fraction of sp³-hybridized carbons (Fsp3) is 0.667. The molecule has 0 saturated heterocycles. The van der Waals surface area contributed by atoms with E-state index in [1.54, 1.807) is 4.90 Å². The molecule has 96 valence electrons. The number of ether oxygens (including phenoxy) is 1. The molecule has 0 saturated carbocycles. The highest BCUT2D eigenvalue weighted by Crippen LogP contribution is 2.16. The topological polar surface area (TPSA) is 79.4 Å². The molecule has 5 heteroatoms. The Morgan fingerprint density at radius 3 is 2.53 bits per heavy atom. The molecule has 5 nitrogen and oxygen atoms in total. The molecule has 0 aromatic carbocycles. The first kappa shape index (κ1) is 13.5. The van der Waals surface area contributed by atoms with Crippen LogP contribution in [0.25, 0.3) is 0 Å². The number of amides is 1. The van der Waals surface area contributed by atoms with E-state index in [-0.39, 0.29) is 6.09 Å². The third-order valence-corrected chi connectivity index (χ3v) is 2.54. The average molecular weight is 239 g/mol. The van der Waals surface area contributed by atoms with E-state index in [2.05, 4.69) is 0 Å². The van der Waals surface area contributed by atoms with Crippen LogP contribution in [0, 0.1) is 5.41 Å². The third kappa shape index (κ3) is 4.09. The molecule has 0 aromatic heterocycles. The molecule has 1 aliphatic rings. The number of hydrogen-bond donors (Lipinski definition) is 2. The van der Waals surface area contributed by atoms with Gasteiger partial charge in [0.05, 0.1) is 0 Å². The van der Waals surface area contributed by atoms with Gasteiger partial charge in [0.1, 0.15) is 5.60 Å². The summed E-state index contributed by atoms with van der Waals surface area (Å²) in [6.45, 7) is 6.65. The van der Waals surface area contributed by atoms with Crippen LogP contribution < -0.4 is 5.73 Å². The molecule has 1 heterocycles. The van der Waals surface area contributed by atoms with Crippen LogP contribution in [-0.4, -0.2) is 35.9 Å². The molecule has 0 atom stereocenters. The predicted molar refractivity (Wildman–Crippen MR) is 67.0 cm³/mol. The van der Waals surface area contributed by atoms with E-state index >= 15 is 0 Å². The number of hydrogen-bond acceptors (Lipinski definition) is 4. The van der Waals surface area contributed by atoms with Gasteiger partial charge in [0.2, 0.25) is 0 Å². The predicted octanol–water partition coefficient (Wildman–Crippen LogP) is 1.88. The number of carbonyl (C=O) groups excluding carboxylic acids is 1. The van der Waals surface area contributed by atoms with Gasteiger partial charge in [0.15, 0.2) is 0 Å². The first-order chi connectivity index (χ1) is 7.83. The van der Waals surface area contributed by atoms with E-state index in [0.717, 1.165) is 5.57 Å². The summed E-state index contributed by atoms with van der Waals surface area (Å²) >= 11 is 0. The van der Waals surface area contributed by atoms with Crippen LogP contribution >= 0.6 is 0 Å². The van der Waals surface area contributed by atoms with Crippen molar-refractivity contribution >= 4 is 12.3 Å². The Morgan fingerprint density at radius 2 is 2.00 bits per heavy atom. The molecular formula is C12H21N3O2. The molecule has 1 rings (SSSR count). The minimum Gasteiger partial charge on any atom is -0.444 e. The van der Waals surface area contributed by atoms with Crippen LogP contribution in [0.15, 0.2) is 11.3 Å². The van der Waals surface area contributed by atoms with E-state index < -0.39 is 5.60 Å². The molecular weight excluding hydrogens is 218 g/mol. The standard InChI is InChI=1S/C12H21N3O2/c1-12(2,3)17-11(16)15-6-4-9(8-13)10(14)5-7-15/h8,13H,4-7,14H2,1-3H3. The lowest BCUT2D eigenvalue weighted by molar-refractivity contribution is 0.0258. The van der Waals surface area contributed by atoms with Crippen molar-refractivity contribution < 1.29 is 9.53 Å². The Kier molecular flexibility index (Phi) is 4.15. The highest BCUT2D eigenvalue weighted by atomic mass is 16.6. The second-order valence-corrected chi connectivity index (χ2v) is 5.16. The first-order valence-electron chi connectivity index (χ1n) is 5.79. The number of carbonyl (C=O) groups is 1. The fourth-order valence-corrected chi connectivity index (χ4v) is 1.62. The van der Waals surface area contributed by atoms with Crippen molar-refractivity contribution in [2.45, 2.75) is 39.2 Å². The number of nitrogens with two attached hydrogens (primary N) is 1. The Balaban J connectivity index is 2.61. The maximum absolute atomic E-state index is 11.9. The zero-order valence-electron chi connectivity index (χ0n) is 10.7. The zero-order valence-corrected chi connectivity index (χ0v) is 10.7. The van der Waals surface area contributed by atoms with Gasteiger partial charge in [-0.05, 0) is 32.8 Å². The van der Waals surface area contributed by atoms with E-state index in [1.165, 1.54) is 6.21 Å². The van der Waals surface area contributed by atoms with Crippen LogP contribution in [0.5, 0.6) is 0 Å². The van der Waals surface area contributed by atoms with Gasteiger partial charge < -0.3 is 20.8 Å². The summed E-state index contributed by atoms with van der Waals surface area (Å²) in [6.07, 6.45) is 2.18. The maximum Gasteiger partial charge on any atom is 0.410 e. The molecule has 1 aliphatic heterocycles. The second kappa shape index (κ2) is 5.21. The number of rotatable bonds is 1. The Morgan fingerprint density at radius 1 is 1.41 bits per heavy atom. The SMILES string of the molecule is CC(C)(C)OC(=O)N1CCC(N)=C(C=N)CC1. The summed E-state index contributed by atoms with van der Waals surface area (Å²) in [5.74, 6) is 0. The molecule has 3 N–H and O–H groups in total. The average Bonchev–Trinajstić information content (AvgIpc) is 2.37. The quantitative estimate of drug-likeness (QED) is 0.686. The minimum atomic E-state index is -0.479. The Labute approximate surface area is 102 Å². The second-order valence-electron chi connectivity index (χ2n) is 5.16. The molecule has 1 amide bonds. The lowest BCUT2D eigenvalue weighted by atomic mass is 10.1. The van der Waals surface area contributed by atoms with Crippen molar-refractivity contribution in [1.82, 2.24) is 4.90 Å². The fourth-order valence-electron chi connectivity index (χ4n) is 1.62. The van der Waals surface area contributed by atoms with Crippen LogP contribution in [0.3, 0.4) is 0 Å².